The van der Waals surface area contributed by atoms with E-state index in [1.807, 2.05) is 17.7 Å². The topological polar surface area (TPSA) is 82.8 Å². The molecule has 16 heavy (non-hydrogen) atoms. The number of amides is 1. The van der Waals surface area contributed by atoms with Crippen molar-refractivity contribution in [3.05, 3.63) is 32.9 Å². The first-order valence-electron chi connectivity index (χ1n) is 4.83. The van der Waals surface area contributed by atoms with Crippen LogP contribution in [-0.2, 0) is 6.54 Å². The van der Waals surface area contributed by atoms with E-state index in [9.17, 15) is 4.79 Å². The van der Waals surface area contributed by atoms with Crippen LogP contribution >= 0.6 is 15.9 Å². The van der Waals surface area contributed by atoms with Crippen LogP contribution in [0, 0.1) is 0 Å². The van der Waals surface area contributed by atoms with E-state index in [1.165, 1.54) is 0 Å². The van der Waals surface area contributed by atoms with Gasteiger partial charge in [-0.15, -0.1) is 0 Å². The molecule has 0 aromatic carbocycles. The Balaban J connectivity index is 2.61. The Morgan fingerprint density at radius 1 is 1.75 bits per heavy atom. The van der Waals surface area contributed by atoms with Crippen molar-refractivity contribution < 1.29 is 4.79 Å². The molecule has 0 atom stereocenters. The van der Waals surface area contributed by atoms with Crippen molar-refractivity contribution in [2.75, 3.05) is 13.1 Å². The van der Waals surface area contributed by atoms with Gasteiger partial charge in [0.1, 0.15) is 5.69 Å². The van der Waals surface area contributed by atoms with Gasteiger partial charge in [-0.05, 0) is 34.5 Å². The van der Waals surface area contributed by atoms with E-state index in [0.29, 0.717) is 12.2 Å². The number of hydrogen-bond acceptors (Lipinski definition) is 2. The molecule has 0 bridgehead atoms. The second-order valence-electron chi connectivity index (χ2n) is 3.04. The maximum atomic E-state index is 11.7. The van der Waals surface area contributed by atoms with Crippen LogP contribution in [-0.4, -0.2) is 23.6 Å². The fourth-order valence-corrected chi connectivity index (χ4v) is 1.75. The smallest absolute Gasteiger partial charge is 0.267 e. The summed E-state index contributed by atoms with van der Waals surface area (Å²) in [4.78, 5) is 14.3. The van der Waals surface area contributed by atoms with E-state index in [4.69, 9.17) is 5.53 Å². The SMILES string of the molecule is CCn1cc(Br)cc1C(=O)NCCN=[N+]=[N-]. The second-order valence-corrected chi connectivity index (χ2v) is 3.96. The number of carbonyl (C=O) groups is 1. The maximum Gasteiger partial charge on any atom is 0.267 e. The molecule has 0 saturated carbocycles. The number of aromatic nitrogens is 1. The van der Waals surface area contributed by atoms with Crippen molar-refractivity contribution in [3.8, 4) is 0 Å². The Bertz CT molecular complexity index is 422. The highest BCUT2D eigenvalue weighted by Crippen LogP contribution is 2.14. The molecule has 0 fully saturated rings. The lowest BCUT2D eigenvalue weighted by Gasteiger charge is -2.06. The molecule has 7 heteroatoms. The Morgan fingerprint density at radius 2 is 2.50 bits per heavy atom. The molecule has 1 N–H and O–H groups in total. The zero-order valence-electron chi connectivity index (χ0n) is 8.85. The fraction of sp³-hybridized carbons (Fsp3) is 0.444. The van der Waals surface area contributed by atoms with Crippen LogP contribution in [0.1, 0.15) is 17.4 Å². The standard InChI is InChI=1S/C9H12BrN5O/c1-2-15-6-7(10)5-8(15)9(16)12-3-4-13-14-11/h5-6H,2-4H2,1H3,(H,12,16). The van der Waals surface area contributed by atoms with Crippen molar-refractivity contribution in [2.24, 2.45) is 5.11 Å². The van der Waals surface area contributed by atoms with Crippen LogP contribution in [0.2, 0.25) is 0 Å². The minimum absolute atomic E-state index is 0.166. The van der Waals surface area contributed by atoms with E-state index in [0.717, 1.165) is 11.0 Å². The minimum atomic E-state index is -0.166. The van der Waals surface area contributed by atoms with Crippen LogP contribution in [0.3, 0.4) is 0 Å². The van der Waals surface area contributed by atoms with Gasteiger partial charge in [-0.1, -0.05) is 5.11 Å². The molecule has 0 aliphatic carbocycles. The maximum absolute atomic E-state index is 11.7. The summed E-state index contributed by atoms with van der Waals surface area (Å²) in [6.07, 6.45) is 1.85. The van der Waals surface area contributed by atoms with Crippen molar-refractivity contribution in [1.29, 1.82) is 0 Å². The predicted octanol–water partition coefficient (Wildman–Crippen LogP) is 2.31. The lowest BCUT2D eigenvalue weighted by molar-refractivity contribution is 0.0945. The molecule has 1 aromatic rings. The highest BCUT2D eigenvalue weighted by Gasteiger charge is 2.10. The summed E-state index contributed by atoms with van der Waals surface area (Å²) in [7, 11) is 0. The van der Waals surface area contributed by atoms with E-state index in [1.54, 1.807) is 6.07 Å². The summed E-state index contributed by atoms with van der Waals surface area (Å²) in [6, 6.07) is 1.76. The van der Waals surface area contributed by atoms with E-state index >= 15 is 0 Å². The molecule has 1 heterocycles. The Hall–Kier alpha value is -1.46. The molecular weight excluding hydrogens is 274 g/mol. The summed E-state index contributed by atoms with van der Waals surface area (Å²) in [5, 5.41) is 6.01. The third-order valence-corrected chi connectivity index (χ3v) is 2.43. The zero-order chi connectivity index (χ0) is 12.0. The molecule has 0 aliphatic heterocycles. The lowest BCUT2D eigenvalue weighted by atomic mass is 10.4. The summed E-state index contributed by atoms with van der Waals surface area (Å²) >= 11 is 3.32. The minimum Gasteiger partial charge on any atom is -0.351 e. The van der Waals surface area contributed by atoms with Gasteiger partial charge in [0.05, 0.1) is 0 Å². The first kappa shape index (κ1) is 12.6. The van der Waals surface area contributed by atoms with Gasteiger partial charge in [-0.3, -0.25) is 4.79 Å². The Morgan fingerprint density at radius 3 is 3.12 bits per heavy atom. The van der Waals surface area contributed by atoms with Crippen LogP contribution in [0.5, 0.6) is 0 Å². The number of halogens is 1. The van der Waals surface area contributed by atoms with E-state index < -0.39 is 0 Å². The van der Waals surface area contributed by atoms with Gasteiger partial charge >= 0.3 is 0 Å². The number of hydrogen-bond donors (Lipinski definition) is 1. The normalized spacial score (nSPS) is 9.62. The van der Waals surface area contributed by atoms with Crippen molar-refractivity contribution in [1.82, 2.24) is 9.88 Å². The van der Waals surface area contributed by atoms with Crippen molar-refractivity contribution >= 4 is 21.8 Å². The third-order valence-electron chi connectivity index (χ3n) is 2.00. The monoisotopic (exact) mass is 285 g/mol. The summed E-state index contributed by atoms with van der Waals surface area (Å²) in [6.45, 7) is 3.29. The molecule has 86 valence electrons. The van der Waals surface area contributed by atoms with Crippen LogP contribution in [0.25, 0.3) is 10.4 Å². The average molecular weight is 286 g/mol. The van der Waals surface area contributed by atoms with Crippen molar-refractivity contribution in [2.45, 2.75) is 13.5 Å². The van der Waals surface area contributed by atoms with Gasteiger partial charge < -0.3 is 9.88 Å². The van der Waals surface area contributed by atoms with E-state index in [-0.39, 0.29) is 12.5 Å². The average Bonchev–Trinajstić information content (AvgIpc) is 2.65. The van der Waals surface area contributed by atoms with Gasteiger partial charge in [0.15, 0.2) is 0 Å². The van der Waals surface area contributed by atoms with Gasteiger partial charge in [-0.25, -0.2) is 0 Å². The zero-order valence-corrected chi connectivity index (χ0v) is 10.4. The van der Waals surface area contributed by atoms with Gasteiger partial charge in [0, 0.05) is 35.2 Å². The number of carbonyl (C=O) groups excluding carboxylic acids is 1. The van der Waals surface area contributed by atoms with E-state index in [2.05, 4.69) is 31.3 Å². The molecule has 1 rings (SSSR count). The summed E-state index contributed by atoms with van der Waals surface area (Å²) < 4.78 is 2.71. The Labute approximate surface area is 101 Å². The fourth-order valence-electron chi connectivity index (χ4n) is 1.28. The van der Waals surface area contributed by atoms with Gasteiger partial charge in [0.2, 0.25) is 0 Å². The van der Waals surface area contributed by atoms with Crippen LogP contribution in [0.15, 0.2) is 21.9 Å². The second kappa shape index (κ2) is 6.19. The molecule has 6 nitrogen and oxygen atoms in total. The molecule has 0 unspecified atom stereocenters. The molecule has 0 aliphatic rings. The van der Waals surface area contributed by atoms with Crippen LogP contribution < -0.4 is 5.32 Å². The lowest BCUT2D eigenvalue weighted by Crippen LogP contribution is -2.27. The molecule has 0 radical (unpaired) electrons. The molecule has 1 amide bonds. The van der Waals surface area contributed by atoms with Crippen molar-refractivity contribution in [3.63, 3.8) is 0 Å². The molecular formula is C9H12BrN5O. The first-order valence-corrected chi connectivity index (χ1v) is 5.63. The molecule has 1 aromatic heterocycles. The predicted molar refractivity (Wildman–Crippen MR) is 64.2 cm³/mol. The summed E-state index contributed by atoms with van der Waals surface area (Å²) in [5.41, 5.74) is 8.66. The Kier molecular flexibility index (Phi) is 4.88. The third kappa shape index (κ3) is 3.29. The van der Waals surface area contributed by atoms with Crippen LogP contribution in [0.4, 0.5) is 0 Å². The number of rotatable bonds is 5. The summed E-state index contributed by atoms with van der Waals surface area (Å²) in [5.74, 6) is -0.166. The van der Waals surface area contributed by atoms with Gasteiger partial charge in [0.25, 0.3) is 5.91 Å². The highest BCUT2D eigenvalue weighted by atomic mass is 79.9. The number of aryl methyl sites for hydroxylation is 1. The first-order chi connectivity index (χ1) is 7.69. The highest BCUT2D eigenvalue weighted by molar-refractivity contribution is 9.10. The number of nitrogens with one attached hydrogen (secondary N) is 1. The quantitative estimate of drug-likeness (QED) is 0.383. The number of azide groups is 1. The van der Waals surface area contributed by atoms with Gasteiger partial charge in [-0.2, -0.15) is 0 Å². The molecule has 0 spiro atoms. The number of nitrogens with zero attached hydrogens (tertiary/aromatic N) is 4. The largest absolute Gasteiger partial charge is 0.351 e. The molecule has 0 saturated heterocycles.